The van der Waals surface area contributed by atoms with Crippen molar-refractivity contribution in [1.29, 1.82) is 0 Å². The fourth-order valence-electron chi connectivity index (χ4n) is 2.11. The van der Waals surface area contributed by atoms with Crippen LogP contribution >= 0.6 is 11.8 Å². The van der Waals surface area contributed by atoms with Crippen LogP contribution in [-0.2, 0) is 11.2 Å². The van der Waals surface area contributed by atoms with E-state index < -0.39 is 5.97 Å². The van der Waals surface area contributed by atoms with Crippen molar-refractivity contribution in [1.82, 2.24) is 9.55 Å². The van der Waals surface area contributed by atoms with Crippen molar-refractivity contribution in [3.05, 3.63) is 35.7 Å². The Morgan fingerprint density at radius 2 is 2.24 bits per heavy atom. The van der Waals surface area contributed by atoms with Gasteiger partial charge in [0.2, 0.25) is 0 Å². The molecule has 0 atom stereocenters. The number of imidazole rings is 1. The van der Waals surface area contributed by atoms with Crippen LogP contribution in [0.1, 0.15) is 18.2 Å². The second-order valence-electron chi connectivity index (χ2n) is 4.56. The molecule has 0 bridgehead atoms. The van der Waals surface area contributed by atoms with E-state index in [0.717, 1.165) is 29.1 Å². The molecule has 1 heterocycles. The maximum atomic E-state index is 10.8. The molecule has 0 amide bonds. The molecule has 0 unspecified atom stereocenters. The number of aryl methyl sites for hydroxylation is 2. The number of benzene rings is 1. The fraction of sp³-hybridized carbons (Fsp3) is 0.333. The highest BCUT2D eigenvalue weighted by molar-refractivity contribution is 7.99. The zero-order valence-corrected chi connectivity index (χ0v) is 13.1. The number of carboxylic acids is 1. The average Bonchev–Trinajstić information content (AvgIpc) is 2.87. The van der Waals surface area contributed by atoms with Crippen molar-refractivity contribution in [3.63, 3.8) is 0 Å². The first-order valence-corrected chi connectivity index (χ1v) is 7.61. The molecule has 0 aliphatic rings. The van der Waals surface area contributed by atoms with Crippen molar-refractivity contribution in [2.24, 2.45) is 0 Å². The van der Waals surface area contributed by atoms with E-state index in [2.05, 4.69) is 11.9 Å². The topological polar surface area (TPSA) is 64.3 Å². The van der Waals surface area contributed by atoms with E-state index in [0.29, 0.717) is 5.16 Å². The van der Waals surface area contributed by atoms with E-state index in [1.807, 2.05) is 29.7 Å². The third kappa shape index (κ3) is 3.39. The van der Waals surface area contributed by atoms with Crippen LogP contribution in [0.5, 0.6) is 5.75 Å². The second kappa shape index (κ2) is 6.67. The van der Waals surface area contributed by atoms with Crippen LogP contribution in [0.25, 0.3) is 5.69 Å². The van der Waals surface area contributed by atoms with E-state index in [4.69, 9.17) is 9.84 Å². The summed E-state index contributed by atoms with van der Waals surface area (Å²) in [5.74, 6) is -0.0526. The summed E-state index contributed by atoms with van der Waals surface area (Å²) in [5.41, 5.74) is 3.11. The molecule has 6 heteroatoms. The molecule has 1 aromatic heterocycles. The van der Waals surface area contributed by atoms with E-state index in [1.54, 1.807) is 13.3 Å². The zero-order valence-electron chi connectivity index (χ0n) is 12.3. The van der Waals surface area contributed by atoms with E-state index in [9.17, 15) is 4.79 Å². The Hall–Kier alpha value is -1.95. The Morgan fingerprint density at radius 3 is 2.81 bits per heavy atom. The first-order valence-electron chi connectivity index (χ1n) is 6.63. The molecular formula is C15H18N2O3S. The molecule has 2 rings (SSSR count). The number of carbonyl (C=O) groups is 1. The van der Waals surface area contributed by atoms with Gasteiger partial charge < -0.3 is 9.84 Å². The molecule has 0 saturated carbocycles. The van der Waals surface area contributed by atoms with Crippen LogP contribution in [0, 0.1) is 6.92 Å². The van der Waals surface area contributed by atoms with Gasteiger partial charge in [-0.25, -0.2) is 4.98 Å². The molecule has 5 nitrogen and oxygen atoms in total. The number of aliphatic carboxylic acids is 1. The Kier molecular flexibility index (Phi) is 4.90. The van der Waals surface area contributed by atoms with Gasteiger partial charge in [-0.1, -0.05) is 18.7 Å². The summed E-state index contributed by atoms with van der Waals surface area (Å²) in [4.78, 5) is 15.1. The van der Waals surface area contributed by atoms with Gasteiger partial charge in [-0.05, 0) is 37.1 Å². The van der Waals surface area contributed by atoms with Gasteiger partial charge in [-0.3, -0.25) is 9.36 Å². The number of hydrogen-bond acceptors (Lipinski definition) is 4. The van der Waals surface area contributed by atoms with Crippen molar-refractivity contribution in [2.75, 3.05) is 12.9 Å². The standard InChI is InChI=1S/C15H18N2O3S/c1-4-11-8-16-15(21-9-14(18)19)17(11)13-6-5-12(20-3)7-10(13)2/h5-8H,4,9H2,1-3H3,(H,18,19). The first-order chi connectivity index (χ1) is 10.1. The highest BCUT2D eigenvalue weighted by Gasteiger charge is 2.14. The summed E-state index contributed by atoms with van der Waals surface area (Å²) in [6, 6.07) is 5.83. The van der Waals surface area contributed by atoms with Crippen molar-refractivity contribution < 1.29 is 14.6 Å². The van der Waals surface area contributed by atoms with Crippen LogP contribution in [0.2, 0.25) is 0 Å². The van der Waals surface area contributed by atoms with Gasteiger partial charge in [0.05, 0.1) is 18.6 Å². The number of ether oxygens (including phenoxy) is 1. The molecule has 21 heavy (non-hydrogen) atoms. The van der Waals surface area contributed by atoms with Gasteiger partial charge >= 0.3 is 5.97 Å². The van der Waals surface area contributed by atoms with Crippen LogP contribution in [-0.4, -0.2) is 33.5 Å². The molecule has 112 valence electrons. The van der Waals surface area contributed by atoms with Crippen molar-refractivity contribution >= 4 is 17.7 Å². The van der Waals surface area contributed by atoms with Crippen molar-refractivity contribution in [2.45, 2.75) is 25.4 Å². The predicted molar refractivity (Wildman–Crippen MR) is 82.6 cm³/mol. The summed E-state index contributed by atoms with van der Waals surface area (Å²) < 4.78 is 7.24. The molecule has 0 aliphatic heterocycles. The lowest BCUT2D eigenvalue weighted by Gasteiger charge is -2.14. The average molecular weight is 306 g/mol. The number of rotatable bonds is 6. The lowest BCUT2D eigenvalue weighted by atomic mass is 10.2. The van der Waals surface area contributed by atoms with Crippen LogP contribution in [0.3, 0.4) is 0 Å². The minimum Gasteiger partial charge on any atom is -0.497 e. The quantitative estimate of drug-likeness (QED) is 0.831. The summed E-state index contributed by atoms with van der Waals surface area (Å²) in [5, 5.41) is 9.55. The molecule has 1 N–H and O–H groups in total. The largest absolute Gasteiger partial charge is 0.497 e. The van der Waals surface area contributed by atoms with Crippen LogP contribution < -0.4 is 4.74 Å². The Balaban J connectivity index is 2.45. The second-order valence-corrected chi connectivity index (χ2v) is 5.50. The molecule has 2 aromatic rings. The number of hydrogen-bond donors (Lipinski definition) is 1. The molecule has 1 aromatic carbocycles. The Labute approximate surface area is 128 Å². The van der Waals surface area contributed by atoms with E-state index in [-0.39, 0.29) is 5.75 Å². The summed E-state index contributed by atoms with van der Waals surface area (Å²) in [7, 11) is 1.64. The molecule has 0 radical (unpaired) electrons. The summed E-state index contributed by atoms with van der Waals surface area (Å²) >= 11 is 1.23. The molecular weight excluding hydrogens is 288 g/mol. The third-order valence-electron chi connectivity index (χ3n) is 3.13. The maximum absolute atomic E-state index is 10.8. The van der Waals surface area contributed by atoms with Gasteiger partial charge in [0.25, 0.3) is 0 Å². The number of thioether (sulfide) groups is 1. The fourth-order valence-corrected chi connectivity index (χ4v) is 2.83. The summed E-state index contributed by atoms with van der Waals surface area (Å²) in [6.07, 6.45) is 2.62. The number of methoxy groups -OCH3 is 1. The highest BCUT2D eigenvalue weighted by atomic mass is 32.2. The number of carboxylic acid groups (broad SMARTS) is 1. The van der Waals surface area contributed by atoms with Crippen LogP contribution in [0.15, 0.2) is 29.6 Å². The smallest absolute Gasteiger partial charge is 0.313 e. The molecule has 0 saturated heterocycles. The van der Waals surface area contributed by atoms with Crippen molar-refractivity contribution in [3.8, 4) is 11.4 Å². The SMILES string of the molecule is CCc1cnc(SCC(=O)O)n1-c1ccc(OC)cc1C. The minimum absolute atomic E-state index is 0.00459. The van der Waals surface area contributed by atoms with Gasteiger partial charge in [0, 0.05) is 11.9 Å². The Bertz CT molecular complexity index is 652. The van der Waals surface area contributed by atoms with Gasteiger partial charge in [-0.2, -0.15) is 0 Å². The number of aromatic nitrogens is 2. The Morgan fingerprint density at radius 1 is 1.48 bits per heavy atom. The molecule has 0 spiro atoms. The lowest BCUT2D eigenvalue weighted by molar-refractivity contribution is -0.133. The van der Waals surface area contributed by atoms with Gasteiger partial charge in [-0.15, -0.1) is 0 Å². The van der Waals surface area contributed by atoms with Gasteiger partial charge in [0.1, 0.15) is 5.75 Å². The first kappa shape index (κ1) is 15.4. The maximum Gasteiger partial charge on any atom is 0.313 e. The van der Waals surface area contributed by atoms with E-state index in [1.165, 1.54) is 11.8 Å². The van der Waals surface area contributed by atoms with Gasteiger partial charge in [0.15, 0.2) is 5.16 Å². The summed E-state index contributed by atoms with van der Waals surface area (Å²) in [6.45, 7) is 4.06. The predicted octanol–water partition coefficient (Wildman–Crippen LogP) is 2.93. The minimum atomic E-state index is -0.848. The third-order valence-corrected chi connectivity index (χ3v) is 4.07. The van der Waals surface area contributed by atoms with E-state index >= 15 is 0 Å². The van der Waals surface area contributed by atoms with Crippen LogP contribution in [0.4, 0.5) is 0 Å². The lowest BCUT2D eigenvalue weighted by Crippen LogP contribution is -2.05. The number of nitrogens with zero attached hydrogens (tertiary/aromatic N) is 2. The normalized spacial score (nSPS) is 10.6. The molecule has 0 fully saturated rings. The highest BCUT2D eigenvalue weighted by Crippen LogP contribution is 2.27. The molecule has 0 aliphatic carbocycles. The zero-order chi connectivity index (χ0) is 15.4. The monoisotopic (exact) mass is 306 g/mol.